The molecule has 2 atom stereocenters. The highest BCUT2D eigenvalue weighted by atomic mass is 16.6. The minimum atomic E-state index is -0.498. The average molecular weight is 671 g/mol. The van der Waals surface area contributed by atoms with Gasteiger partial charge in [0.05, 0.1) is 17.2 Å². The van der Waals surface area contributed by atoms with Crippen molar-refractivity contribution in [1.82, 2.24) is 0 Å². The van der Waals surface area contributed by atoms with Gasteiger partial charge in [-0.2, -0.15) is 0 Å². The van der Waals surface area contributed by atoms with E-state index in [9.17, 15) is 14.4 Å². The van der Waals surface area contributed by atoms with Crippen LogP contribution < -0.4 is 20.7 Å². The molecule has 2 heterocycles. The molecule has 7 rings (SSSR count). The Labute approximate surface area is 287 Å². The molecule has 2 aromatic heterocycles. The van der Waals surface area contributed by atoms with Crippen LogP contribution in [0, 0.1) is 0 Å². The fraction of sp³-hybridized carbons (Fsp3) is 0.195. The molecule has 1 saturated carbocycles. The predicted octanol–water partition coefficient (Wildman–Crippen LogP) is 7.73. The van der Waals surface area contributed by atoms with E-state index >= 15 is 0 Å². The van der Waals surface area contributed by atoms with Crippen LogP contribution in [0.5, 0.6) is 11.5 Å². The van der Waals surface area contributed by atoms with E-state index in [0.29, 0.717) is 53.1 Å². The summed E-state index contributed by atoms with van der Waals surface area (Å²) in [5.74, 6) is 0.679. The molecule has 1 fully saturated rings. The van der Waals surface area contributed by atoms with Crippen molar-refractivity contribution in [3.8, 4) is 33.8 Å². The standard InChI is InChI=1S/C41H34O9/c1-2-39(42)48-33-14-13-32(23-33)47-34(24-45-30-15-17-37-28(19-30)21-35(40(43)49-37)26-9-5-3-6-10-26)25-46-31-16-18-38-29(20-31)22-36(41(44)50-38)27-11-7-4-8-12-27/h2-12,15-22,32-34H,1,13-14,23-25H2. The third-order valence-electron chi connectivity index (χ3n) is 8.62. The van der Waals surface area contributed by atoms with Gasteiger partial charge in [0, 0.05) is 23.3 Å². The summed E-state index contributed by atoms with van der Waals surface area (Å²) in [6, 6.07) is 32.9. The average Bonchev–Trinajstić information content (AvgIpc) is 3.59. The van der Waals surface area contributed by atoms with Crippen LogP contribution in [0.2, 0.25) is 0 Å². The molecule has 9 nitrogen and oxygen atoms in total. The number of benzene rings is 4. The number of hydrogen-bond donors (Lipinski definition) is 0. The molecule has 0 bridgehead atoms. The highest BCUT2D eigenvalue weighted by Gasteiger charge is 2.30. The van der Waals surface area contributed by atoms with Crippen molar-refractivity contribution in [2.24, 2.45) is 0 Å². The molecule has 1 aliphatic rings. The first-order valence-electron chi connectivity index (χ1n) is 16.4. The Balaban J connectivity index is 1.09. The third kappa shape index (κ3) is 7.53. The van der Waals surface area contributed by atoms with Gasteiger partial charge < -0.3 is 27.8 Å². The smallest absolute Gasteiger partial charge is 0.344 e. The van der Waals surface area contributed by atoms with Gasteiger partial charge in [0.2, 0.25) is 0 Å². The fourth-order valence-electron chi connectivity index (χ4n) is 6.14. The van der Waals surface area contributed by atoms with Crippen molar-refractivity contribution in [2.75, 3.05) is 13.2 Å². The molecular weight excluding hydrogens is 636 g/mol. The zero-order chi connectivity index (χ0) is 34.5. The van der Waals surface area contributed by atoms with Gasteiger partial charge in [-0.1, -0.05) is 67.2 Å². The Morgan fingerprint density at radius 1 is 0.700 bits per heavy atom. The SMILES string of the molecule is C=CC(=O)OC1CCC(OC(COc2ccc3oc(=O)c(-c4ccccc4)cc3c2)COc2ccc3oc(=O)c(-c4ccccc4)cc3c2)C1. The van der Waals surface area contributed by atoms with Gasteiger partial charge >= 0.3 is 17.2 Å². The summed E-state index contributed by atoms with van der Waals surface area (Å²) < 4.78 is 35.6. The van der Waals surface area contributed by atoms with Crippen molar-refractivity contribution in [2.45, 2.75) is 37.6 Å². The normalized spacial score (nSPS) is 15.7. The van der Waals surface area contributed by atoms with Crippen LogP contribution in [-0.4, -0.2) is 37.5 Å². The first kappa shape index (κ1) is 32.6. The number of carbonyl (C=O) groups excluding carboxylic acids is 1. The maximum Gasteiger partial charge on any atom is 0.344 e. The molecule has 0 aliphatic heterocycles. The van der Waals surface area contributed by atoms with E-state index in [1.54, 1.807) is 36.4 Å². The molecule has 4 aromatic carbocycles. The summed E-state index contributed by atoms with van der Waals surface area (Å²) in [4.78, 5) is 37.1. The van der Waals surface area contributed by atoms with Crippen molar-refractivity contribution in [3.63, 3.8) is 0 Å². The second kappa shape index (κ2) is 14.7. The topological polar surface area (TPSA) is 114 Å². The Hall–Kier alpha value is -5.93. The zero-order valence-electron chi connectivity index (χ0n) is 27.1. The Bertz CT molecular complexity index is 2120. The van der Waals surface area contributed by atoms with E-state index in [4.69, 9.17) is 27.8 Å². The molecule has 1 aliphatic carbocycles. The number of fused-ring (bicyclic) bond motifs is 2. The van der Waals surface area contributed by atoms with Crippen LogP contribution >= 0.6 is 0 Å². The number of ether oxygens (including phenoxy) is 4. The lowest BCUT2D eigenvalue weighted by Gasteiger charge is -2.23. The molecule has 9 heteroatoms. The minimum Gasteiger partial charge on any atom is -0.491 e. The van der Waals surface area contributed by atoms with Gasteiger partial charge in [-0.05, 0) is 72.5 Å². The second-order valence-corrected chi connectivity index (χ2v) is 12.1. The van der Waals surface area contributed by atoms with Gasteiger partial charge in [0.1, 0.15) is 48.1 Å². The lowest BCUT2D eigenvalue weighted by atomic mass is 10.1. The van der Waals surface area contributed by atoms with Gasteiger partial charge in [0.15, 0.2) is 0 Å². The van der Waals surface area contributed by atoms with E-state index in [2.05, 4.69) is 6.58 Å². The molecular formula is C41H34O9. The Kier molecular flexibility index (Phi) is 9.57. The van der Waals surface area contributed by atoms with Crippen LogP contribution in [0.3, 0.4) is 0 Å². The maximum atomic E-state index is 12.7. The predicted molar refractivity (Wildman–Crippen MR) is 189 cm³/mol. The molecule has 6 aromatic rings. The van der Waals surface area contributed by atoms with Crippen LogP contribution in [0.15, 0.2) is 140 Å². The van der Waals surface area contributed by atoms with Gasteiger partial charge in [-0.25, -0.2) is 14.4 Å². The summed E-state index contributed by atoms with van der Waals surface area (Å²) >= 11 is 0. The zero-order valence-corrected chi connectivity index (χ0v) is 27.1. The largest absolute Gasteiger partial charge is 0.491 e. The maximum absolute atomic E-state index is 12.7. The highest BCUT2D eigenvalue weighted by Crippen LogP contribution is 2.29. The number of rotatable bonds is 12. The lowest BCUT2D eigenvalue weighted by molar-refractivity contribution is -0.143. The number of hydrogen-bond acceptors (Lipinski definition) is 9. The van der Waals surface area contributed by atoms with Crippen LogP contribution in [0.25, 0.3) is 44.2 Å². The van der Waals surface area contributed by atoms with Gasteiger partial charge in [-0.15, -0.1) is 0 Å². The molecule has 0 spiro atoms. The van der Waals surface area contributed by atoms with Gasteiger partial charge in [0.25, 0.3) is 0 Å². The first-order valence-corrected chi connectivity index (χ1v) is 16.4. The van der Waals surface area contributed by atoms with Crippen molar-refractivity contribution >= 4 is 27.9 Å². The van der Waals surface area contributed by atoms with E-state index in [1.807, 2.05) is 72.8 Å². The molecule has 0 radical (unpaired) electrons. The molecule has 252 valence electrons. The van der Waals surface area contributed by atoms with Crippen molar-refractivity contribution in [1.29, 1.82) is 0 Å². The molecule has 0 amide bonds. The van der Waals surface area contributed by atoms with E-state index in [-0.39, 0.29) is 25.4 Å². The van der Waals surface area contributed by atoms with Crippen LogP contribution in [0.1, 0.15) is 19.3 Å². The summed E-state index contributed by atoms with van der Waals surface area (Å²) in [6.45, 7) is 3.79. The van der Waals surface area contributed by atoms with Crippen LogP contribution in [-0.2, 0) is 14.3 Å². The van der Waals surface area contributed by atoms with E-state index < -0.39 is 23.3 Å². The monoisotopic (exact) mass is 670 g/mol. The Morgan fingerprint density at radius 3 is 1.70 bits per heavy atom. The van der Waals surface area contributed by atoms with E-state index in [1.165, 1.54) is 0 Å². The van der Waals surface area contributed by atoms with Crippen molar-refractivity contribution < 1.29 is 32.6 Å². The highest BCUT2D eigenvalue weighted by molar-refractivity contribution is 5.84. The summed E-state index contributed by atoms with van der Waals surface area (Å²) in [7, 11) is 0. The summed E-state index contributed by atoms with van der Waals surface area (Å²) in [5.41, 5.74) is 2.53. The molecule has 50 heavy (non-hydrogen) atoms. The lowest BCUT2D eigenvalue weighted by Crippen LogP contribution is -2.32. The first-order chi connectivity index (χ1) is 24.4. The molecule has 0 N–H and O–H groups in total. The number of carbonyl (C=O) groups is 1. The second-order valence-electron chi connectivity index (χ2n) is 12.1. The van der Waals surface area contributed by atoms with Crippen molar-refractivity contribution in [3.05, 3.63) is 143 Å². The minimum absolute atomic E-state index is 0.155. The third-order valence-corrected chi connectivity index (χ3v) is 8.62. The van der Waals surface area contributed by atoms with E-state index in [0.717, 1.165) is 28.0 Å². The fourth-order valence-corrected chi connectivity index (χ4v) is 6.14. The quantitative estimate of drug-likeness (QED) is 0.0733. The summed E-state index contributed by atoms with van der Waals surface area (Å²) in [5, 5.41) is 1.44. The van der Waals surface area contributed by atoms with Crippen LogP contribution in [0.4, 0.5) is 0 Å². The molecule has 0 saturated heterocycles. The number of esters is 1. The summed E-state index contributed by atoms with van der Waals surface area (Å²) in [6.07, 6.45) is 2.17. The van der Waals surface area contributed by atoms with Gasteiger partial charge in [-0.3, -0.25) is 0 Å². The Morgan fingerprint density at radius 2 is 1.20 bits per heavy atom. The molecule has 2 unspecified atom stereocenters.